The minimum atomic E-state index is -0.278. The van der Waals surface area contributed by atoms with Crippen molar-refractivity contribution < 1.29 is 9.31 Å². The molecule has 25 heavy (non-hydrogen) atoms. The van der Waals surface area contributed by atoms with Crippen molar-refractivity contribution in [3.8, 4) is 0 Å². The van der Waals surface area contributed by atoms with Gasteiger partial charge >= 0.3 is 7.12 Å². The number of benzene rings is 1. The maximum Gasteiger partial charge on any atom is 0.458 e. The molecule has 1 saturated heterocycles. The van der Waals surface area contributed by atoms with E-state index in [2.05, 4.69) is 75.1 Å². The van der Waals surface area contributed by atoms with Crippen molar-refractivity contribution in [1.29, 1.82) is 0 Å². The number of hydrogen-bond donors (Lipinski definition) is 0. The van der Waals surface area contributed by atoms with Gasteiger partial charge in [0.15, 0.2) is 0 Å². The van der Waals surface area contributed by atoms with Gasteiger partial charge in [0.1, 0.15) is 0 Å². The van der Waals surface area contributed by atoms with Crippen LogP contribution in [0.15, 0.2) is 54.7 Å². The summed E-state index contributed by atoms with van der Waals surface area (Å²) in [5.74, 6) is 0.423. The van der Waals surface area contributed by atoms with Crippen molar-refractivity contribution in [3.63, 3.8) is 0 Å². The van der Waals surface area contributed by atoms with Gasteiger partial charge in [-0.25, -0.2) is 0 Å². The summed E-state index contributed by atoms with van der Waals surface area (Å²) < 4.78 is 12.5. The van der Waals surface area contributed by atoms with Crippen molar-refractivity contribution in [2.24, 2.45) is 5.92 Å². The number of aromatic nitrogens is 1. The third-order valence-corrected chi connectivity index (χ3v) is 5.42. The average Bonchev–Trinajstić information content (AvgIpc) is 2.76. The van der Waals surface area contributed by atoms with E-state index in [1.165, 1.54) is 5.56 Å². The van der Waals surface area contributed by atoms with Crippen molar-refractivity contribution in [2.75, 3.05) is 0 Å². The van der Waals surface area contributed by atoms with E-state index in [1.807, 2.05) is 12.3 Å². The molecule has 0 amide bonds. The molecule has 0 saturated carbocycles. The lowest BCUT2D eigenvalue weighted by Gasteiger charge is -2.32. The summed E-state index contributed by atoms with van der Waals surface area (Å²) in [6, 6.07) is 16.8. The minimum Gasteiger partial charge on any atom is -0.403 e. The molecule has 0 radical (unpaired) electrons. The van der Waals surface area contributed by atoms with Crippen LogP contribution in [0.1, 0.15) is 39.0 Å². The molecule has 1 aromatic heterocycles. The first-order valence-corrected chi connectivity index (χ1v) is 9.15. The molecule has 1 atom stereocenters. The van der Waals surface area contributed by atoms with Crippen LogP contribution in [0.25, 0.3) is 0 Å². The van der Waals surface area contributed by atoms with Crippen LogP contribution in [0.5, 0.6) is 0 Å². The first-order chi connectivity index (χ1) is 11.9. The summed E-state index contributed by atoms with van der Waals surface area (Å²) in [6.45, 7) is 8.44. The SMILES string of the molecule is CC1(C)OB(CC(Cc2ccccc2)Cc2ccccn2)OC1(C)C. The highest BCUT2D eigenvalue weighted by atomic mass is 16.7. The Morgan fingerprint density at radius 2 is 1.52 bits per heavy atom. The maximum atomic E-state index is 6.23. The molecule has 0 aliphatic carbocycles. The lowest BCUT2D eigenvalue weighted by Crippen LogP contribution is -2.41. The van der Waals surface area contributed by atoms with E-state index in [-0.39, 0.29) is 18.3 Å². The summed E-state index contributed by atoms with van der Waals surface area (Å²) in [5, 5.41) is 0. The normalized spacial score (nSPS) is 19.8. The number of hydrogen-bond acceptors (Lipinski definition) is 3. The highest BCUT2D eigenvalue weighted by Gasteiger charge is 2.51. The Kier molecular flexibility index (Phi) is 5.31. The molecule has 3 nitrogen and oxygen atoms in total. The molecule has 132 valence electrons. The highest BCUT2D eigenvalue weighted by Crippen LogP contribution is 2.39. The Balaban J connectivity index is 1.72. The number of nitrogens with zero attached hydrogens (tertiary/aromatic N) is 1. The third-order valence-electron chi connectivity index (χ3n) is 5.42. The first-order valence-electron chi connectivity index (χ1n) is 9.15. The summed E-state index contributed by atoms with van der Waals surface area (Å²) in [6.07, 6.45) is 4.67. The van der Waals surface area contributed by atoms with Gasteiger partial charge in [-0.2, -0.15) is 0 Å². The highest BCUT2D eigenvalue weighted by molar-refractivity contribution is 6.45. The predicted molar refractivity (Wildman–Crippen MR) is 102 cm³/mol. The van der Waals surface area contributed by atoms with Gasteiger partial charge in [-0.3, -0.25) is 4.98 Å². The smallest absolute Gasteiger partial charge is 0.403 e. The Labute approximate surface area is 151 Å². The molecule has 4 heteroatoms. The topological polar surface area (TPSA) is 31.4 Å². The zero-order chi connectivity index (χ0) is 17.9. The molecule has 2 heterocycles. The zero-order valence-corrected chi connectivity index (χ0v) is 15.7. The second-order valence-electron chi connectivity index (χ2n) is 8.00. The van der Waals surface area contributed by atoms with Gasteiger partial charge in [-0.15, -0.1) is 0 Å². The van der Waals surface area contributed by atoms with Crippen molar-refractivity contribution in [1.82, 2.24) is 4.98 Å². The monoisotopic (exact) mass is 337 g/mol. The Hall–Kier alpha value is -1.65. The molecule has 1 aromatic carbocycles. The largest absolute Gasteiger partial charge is 0.458 e. The molecular formula is C21H28BNO2. The average molecular weight is 337 g/mol. The van der Waals surface area contributed by atoms with E-state index < -0.39 is 0 Å². The van der Waals surface area contributed by atoms with Gasteiger partial charge in [-0.1, -0.05) is 36.4 Å². The fourth-order valence-corrected chi connectivity index (χ4v) is 3.33. The molecule has 0 bridgehead atoms. The van der Waals surface area contributed by atoms with E-state index >= 15 is 0 Å². The van der Waals surface area contributed by atoms with Gasteiger partial charge in [-0.05, 0) is 70.5 Å². The fourth-order valence-electron chi connectivity index (χ4n) is 3.33. The van der Waals surface area contributed by atoms with Crippen LogP contribution >= 0.6 is 0 Å². The van der Waals surface area contributed by atoms with Crippen LogP contribution < -0.4 is 0 Å². The Morgan fingerprint density at radius 1 is 0.880 bits per heavy atom. The van der Waals surface area contributed by atoms with Crippen molar-refractivity contribution in [2.45, 2.75) is 58.1 Å². The molecule has 1 aliphatic heterocycles. The zero-order valence-electron chi connectivity index (χ0n) is 15.7. The quantitative estimate of drug-likeness (QED) is 0.723. The predicted octanol–water partition coefficient (Wildman–Crippen LogP) is 4.58. The maximum absolute atomic E-state index is 6.23. The lowest BCUT2D eigenvalue weighted by atomic mass is 9.73. The van der Waals surface area contributed by atoms with E-state index in [0.717, 1.165) is 24.9 Å². The summed E-state index contributed by atoms with van der Waals surface area (Å²) >= 11 is 0. The second-order valence-corrected chi connectivity index (χ2v) is 8.00. The van der Waals surface area contributed by atoms with E-state index in [0.29, 0.717) is 5.92 Å². The van der Waals surface area contributed by atoms with Crippen molar-refractivity contribution in [3.05, 3.63) is 66.0 Å². The van der Waals surface area contributed by atoms with Crippen LogP contribution in [0.2, 0.25) is 6.32 Å². The van der Waals surface area contributed by atoms with E-state index in [1.54, 1.807) is 0 Å². The van der Waals surface area contributed by atoms with Crippen LogP contribution in [0, 0.1) is 5.92 Å². The van der Waals surface area contributed by atoms with Crippen LogP contribution in [-0.2, 0) is 22.2 Å². The van der Waals surface area contributed by atoms with Crippen molar-refractivity contribution >= 4 is 7.12 Å². The molecule has 0 spiro atoms. The van der Waals surface area contributed by atoms with Crippen LogP contribution in [0.3, 0.4) is 0 Å². The standard InChI is InChI=1S/C21H28BNO2/c1-20(2)21(3,4)25-22(24-20)16-18(14-17-10-6-5-7-11-17)15-19-12-8-9-13-23-19/h5-13,18H,14-16H2,1-4H3. The summed E-state index contributed by atoms with van der Waals surface area (Å²) in [4.78, 5) is 4.51. The molecule has 1 fully saturated rings. The summed E-state index contributed by atoms with van der Waals surface area (Å²) in [5.41, 5.74) is 1.92. The van der Waals surface area contributed by atoms with Gasteiger partial charge in [0.2, 0.25) is 0 Å². The van der Waals surface area contributed by atoms with E-state index in [9.17, 15) is 0 Å². The minimum absolute atomic E-state index is 0.164. The second kappa shape index (κ2) is 7.31. The number of rotatable bonds is 6. The molecule has 0 N–H and O–H groups in total. The van der Waals surface area contributed by atoms with Gasteiger partial charge in [0.25, 0.3) is 0 Å². The molecule has 2 aromatic rings. The van der Waals surface area contributed by atoms with Crippen LogP contribution in [-0.4, -0.2) is 23.3 Å². The lowest BCUT2D eigenvalue weighted by molar-refractivity contribution is 0.00578. The third kappa shape index (κ3) is 4.50. The first kappa shape index (κ1) is 18.2. The van der Waals surface area contributed by atoms with E-state index in [4.69, 9.17) is 9.31 Å². The molecule has 1 unspecified atom stereocenters. The summed E-state index contributed by atoms with van der Waals surface area (Å²) in [7, 11) is -0.164. The Morgan fingerprint density at radius 3 is 2.12 bits per heavy atom. The van der Waals surface area contributed by atoms with Gasteiger partial charge < -0.3 is 9.31 Å². The molecule has 1 aliphatic rings. The molecular weight excluding hydrogens is 309 g/mol. The number of pyridine rings is 1. The molecule has 3 rings (SSSR count). The van der Waals surface area contributed by atoms with Gasteiger partial charge in [0.05, 0.1) is 11.2 Å². The van der Waals surface area contributed by atoms with Gasteiger partial charge in [0, 0.05) is 11.9 Å². The fraction of sp³-hybridized carbons (Fsp3) is 0.476. The Bertz CT molecular complexity index is 615. The van der Waals surface area contributed by atoms with Crippen LogP contribution in [0.4, 0.5) is 0 Å².